The van der Waals surface area contributed by atoms with Crippen molar-refractivity contribution in [3.63, 3.8) is 0 Å². The van der Waals surface area contributed by atoms with E-state index in [9.17, 15) is 14.7 Å². The normalized spacial score (nSPS) is 12.6. The minimum Gasteiger partial charge on any atom is -0.491 e. The van der Waals surface area contributed by atoms with Crippen molar-refractivity contribution in [2.24, 2.45) is 0 Å². The lowest BCUT2D eigenvalue weighted by atomic mass is 9.67. The Kier molecular flexibility index (Phi) is 9.95. The largest absolute Gasteiger partial charge is 0.491 e. The Balaban J connectivity index is 1.41. The number of aliphatic hydroxyl groups excluding tert-OH is 1. The van der Waals surface area contributed by atoms with Gasteiger partial charge >= 0.3 is 11.9 Å². The Bertz CT molecular complexity index is 2200. The van der Waals surface area contributed by atoms with Gasteiger partial charge in [0.25, 0.3) is 0 Å². The Hall–Kier alpha value is -6.44. The fourth-order valence-electron chi connectivity index (χ4n) is 7.12. The molecule has 52 heavy (non-hydrogen) atoms. The molecule has 6 aromatic carbocycles. The standard InChI is InChI=1S/C45H36O7/c46-25-26-50-41-29-33(19-21-35(41)31-11-3-1-4-12-31)45(39-17-9-7-15-37(39)38-16-8-10-18-40(38)45)34-20-22-36(32-13-5-2-6-14-32)42(30-34)51-27-28-52-44(49)24-23-43(47)48/h1-24,29-30,46H,25-28H2,(H,47,48). The first-order chi connectivity index (χ1) is 25.5. The molecular weight excluding hydrogens is 652 g/mol. The van der Waals surface area contributed by atoms with E-state index in [0.29, 0.717) is 11.5 Å². The zero-order valence-corrected chi connectivity index (χ0v) is 28.3. The average molecular weight is 689 g/mol. The lowest BCUT2D eigenvalue weighted by Crippen LogP contribution is -2.29. The number of carbonyl (C=O) groups is 2. The number of carboxylic acids is 1. The number of rotatable bonds is 13. The lowest BCUT2D eigenvalue weighted by Gasteiger charge is -2.35. The van der Waals surface area contributed by atoms with Crippen molar-refractivity contribution >= 4 is 11.9 Å². The third kappa shape index (κ3) is 6.57. The van der Waals surface area contributed by atoms with E-state index < -0.39 is 17.4 Å². The molecule has 0 unspecified atom stereocenters. The van der Waals surface area contributed by atoms with Gasteiger partial charge < -0.3 is 24.4 Å². The number of esters is 1. The van der Waals surface area contributed by atoms with Crippen LogP contribution < -0.4 is 9.47 Å². The van der Waals surface area contributed by atoms with Crippen LogP contribution in [0.1, 0.15) is 22.3 Å². The number of fused-ring (bicyclic) bond motifs is 3. The van der Waals surface area contributed by atoms with E-state index in [1.54, 1.807) is 0 Å². The molecule has 0 heterocycles. The molecule has 0 saturated carbocycles. The van der Waals surface area contributed by atoms with Crippen LogP contribution in [-0.2, 0) is 19.7 Å². The molecule has 258 valence electrons. The maximum atomic E-state index is 12.1. The maximum absolute atomic E-state index is 12.1. The molecule has 0 aliphatic heterocycles. The summed E-state index contributed by atoms with van der Waals surface area (Å²) in [5.74, 6) is -0.738. The number of hydrogen-bond acceptors (Lipinski definition) is 6. The van der Waals surface area contributed by atoms with Gasteiger partial charge in [0.1, 0.15) is 31.3 Å². The summed E-state index contributed by atoms with van der Waals surface area (Å²) in [7, 11) is 0. The molecule has 0 amide bonds. The summed E-state index contributed by atoms with van der Waals surface area (Å²) in [6.07, 6.45) is 1.61. The Morgan fingerprint density at radius 3 is 1.52 bits per heavy atom. The Morgan fingerprint density at radius 2 is 1.02 bits per heavy atom. The monoisotopic (exact) mass is 688 g/mol. The quantitative estimate of drug-likeness (QED) is 0.0714. The van der Waals surface area contributed by atoms with Crippen LogP contribution in [0.3, 0.4) is 0 Å². The molecule has 1 aliphatic rings. The highest BCUT2D eigenvalue weighted by atomic mass is 16.6. The van der Waals surface area contributed by atoms with Crippen molar-refractivity contribution < 1.29 is 34.0 Å². The van der Waals surface area contributed by atoms with Gasteiger partial charge in [0, 0.05) is 23.3 Å². The highest BCUT2D eigenvalue weighted by Gasteiger charge is 2.46. The number of carbonyl (C=O) groups excluding carboxylic acids is 1. The van der Waals surface area contributed by atoms with Crippen molar-refractivity contribution in [3.8, 4) is 44.9 Å². The van der Waals surface area contributed by atoms with Crippen molar-refractivity contribution in [3.05, 3.63) is 180 Å². The summed E-state index contributed by atoms with van der Waals surface area (Å²) >= 11 is 0. The van der Waals surface area contributed by atoms with Crippen LogP contribution in [0.25, 0.3) is 33.4 Å². The Labute approximate surface area is 302 Å². The summed E-state index contributed by atoms with van der Waals surface area (Å²) in [6, 6.07) is 49.5. The van der Waals surface area contributed by atoms with E-state index in [0.717, 1.165) is 67.8 Å². The fourth-order valence-corrected chi connectivity index (χ4v) is 7.12. The smallest absolute Gasteiger partial charge is 0.331 e. The highest BCUT2D eigenvalue weighted by Crippen LogP contribution is 2.57. The van der Waals surface area contributed by atoms with E-state index in [1.165, 1.54) is 0 Å². The topological polar surface area (TPSA) is 102 Å². The van der Waals surface area contributed by atoms with Crippen LogP contribution in [0.5, 0.6) is 11.5 Å². The van der Waals surface area contributed by atoms with Gasteiger partial charge in [-0.25, -0.2) is 9.59 Å². The van der Waals surface area contributed by atoms with Gasteiger partial charge in [-0.05, 0) is 56.6 Å². The number of ether oxygens (including phenoxy) is 3. The summed E-state index contributed by atoms with van der Waals surface area (Å²) in [5.41, 5.74) is 9.36. The molecular formula is C45H36O7. The second-order valence-electron chi connectivity index (χ2n) is 12.3. The fraction of sp³-hybridized carbons (Fsp3) is 0.111. The molecule has 0 aromatic heterocycles. The first-order valence-electron chi connectivity index (χ1n) is 17.0. The zero-order chi connectivity index (χ0) is 35.9. The van der Waals surface area contributed by atoms with Crippen LogP contribution in [0, 0.1) is 0 Å². The SMILES string of the molecule is O=C(O)C=CC(=O)OCCOc1cc(C2(c3ccc(-c4ccccc4)c(OCCO)c3)c3ccccc3-c3ccccc32)ccc1-c1ccccc1. The summed E-state index contributed by atoms with van der Waals surface area (Å²) in [4.78, 5) is 22.9. The van der Waals surface area contributed by atoms with Crippen LogP contribution in [0.15, 0.2) is 158 Å². The second-order valence-corrected chi connectivity index (χ2v) is 12.3. The molecule has 2 N–H and O–H groups in total. The Morgan fingerprint density at radius 1 is 0.538 bits per heavy atom. The van der Waals surface area contributed by atoms with E-state index in [2.05, 4.69) is 84.9 Å². The van der Waals surface area contributed by atoms with E-state index in [1.807, 2.05) is 60.7 Å². The van der Waals surface area contributed by atoms with Gasteiger partial charge in [0.15, 0.2) is 0 Å². The van der Waals surface area contributed by atoms with Gasteiger partial charge in [-0.2, -0.15) is 0 Å². The molecule has 6 aromatic rings. The third-order valence-corrected chi connectivity index (χ3v) is 9.25. The number of benzene rings is 6. The molecule has 0 atom stereocenters. The zero-order valence-electron chi connectivity index (χ0n) is 28.3. The van der Waals surface area contributed by atoms with Crippen LogP contribution in [-0.4, -0.2) is 48.6 Å². The molecule has 0 bridgehead atoms. The minimum absolute atomic E-state index is 0.0427. The molecule has 1 aliphatic carbocycles. The number of carboxylic acid groups (broad SMARTS) is 1. The van der Waals surface area contributed by atoms with Gasteiger partial charge in [-0.15, -0.1) is 0 Å². The van der Waals surface area contributed by atoms with Crippen LogP contribution in [0.4, 0.5) is 0 Å². The third-order valence-electron chi connectivity index (χ3n) is 9.25. The molecule has 7 heteroatoms. The second kappa shape index (κ2) is 15.2. The van der Waals surface area contributed by atoms with Crippen molar-refractivity contribution in [1.29, 1.82) is 0 Å². The van der Waals surface area contributed by atoms with Gasteiger partial charge in [-0.1, -0.05) is 133 Å². The lowest BCUT2D eigenvalue weighted by molar-refractivity contribution is -0.139. The van der Waals surface area contributed by atoms with Crippen molar-refractivity contribution in [2.45, 2.75) is 5.41 Å². The first-order valence-corrected chi connectivity index (χ1v) is 17.0. The minimum atomic E-state index is -1.23. The highest BCUT2D eigenvalue weighted by molar-refractivity contribution is 5.91. The molecule has 7 rings (SSSR count). The molecule has 0 spiro atoms. The molecule has 0 fully saturated rings. The predicted molar refractivity (Wildman–Crippen MR) is 200 cm³/mol. The summed E-state index contributed by atoms with van der Waals surface area (Å²) in [6.45, 7) is -0.0163. The number of hydrogen-bond donors (Lipinski definition) is 2. The summed E-state index contributed by atoms with van der Waals surface area (Å²) in [5, 5.41) is 18.6. The van der Waals surface area contributed by atoms with Gasteiger partial charge in [0.05, 0.1) is 12.0 Å². The molecule has 0 saturated heterocycles. The molecule has 7 nitrogen and oxygen atoms in total. The van der Waals surface area contributed by atoms with E-state index in [4.69, 9.17) is 19.3 Å². The van der Waals surface area contributed by atoms with Gasteiger partial charge in [0.2, 0.25) is 0 Å². The summed E-state index contributed by atoms with van der Waals surface area (Å²) < 4.78 is 17.9. The first kappa shape index (κ1) is 34.0. The van der Waals surface area contributed by atoms with Crippen LogP contribution >= 0.6 is 0 Å². The maximum Gasteiger partial charge on any atom is 0.331 e. The number of aliphatic hydroxyl groups is 1. The van der Waals surface area contributed by atoms with Crippen molar-refractivity contribution in [1.82, 2.24) is 0 Å². The van der Waals surface area contributed by atoms with Crippen LogP contribution in [0.2, 0.25) is 0 Å². The van der Waals surface area contributed by atoms with E-state index in [-0.39, 0.29) is 26.4 Å². The number of aliphatic carboxylic acids is 1. The predicted octanol–water partition coefficient (Wildman–Crippen LogP) is 8.32. The molecule has 0 radical (unpaired) electrons. The van der Waals surface area contributed by atoms with E-state index >= 15 is 0 Å². The van der Waals surface area contributed by atoms with Gasteiger partial charge in [-0.3, -0.25) is 0 Å². The average Bonchev–Trinajstić information content (AvgIpc) is 3.49. The van der Waals surface area contributed by atoms with Crippen molar-refractivity contribution in [2.75, 3.05) is 26.4 Å².